The molecule has 30 heavy (non-hydrogen) atoms. The molecule has 0 spiro atoms. The van der Waals surface area contributed by atoms with Gasteiger partial charge >= 0.3 is 31.0 Å². The standard InChI is InChI=1S/C17H33NO10SSi/c1-6-25-30(26-7-2,27-8-3)14-9-11-18-17(20)24-13-10-12-23-16(19)15(4)28-29(5,21)22/h4,6-14H2,1-3,5H3,(H,18,20). The molecule has 0 bridgehead atoms. The summed E-state index contributed by atoms with van der Waals surface area (Å²) in [6.45, 7) is 10.5. The molecule has 0 aromatic carbocycles. The molecule has 0 radical (unpaired) electrons. The fourth-order valence-electron chi connectivity index (χ4n) is 2.23. The van der Waals surface area contributed by atoms with Crippen LogP contribution >= 0.6 is 0 Å². The van der Waals surface area contributed by atoms with Crippen LogP contribution in [0.3, 0.4) is 0 Å². The van der Waals surface area contributed by atoms with E-state index < -0.39 is 36.7 Å². The Kier molecular flexibility index (Phi) is 14.3. The SMILES string of the molecule is C=C(OS(C)(=O)=O)C(=O)OCCCOC(=O)NCCC[Si](OCC)(OCC)OCC. The van der Waals surface area contributed by atoms with Gasteiger partial charge < -0.3 is 32.3 Å². The van der Waals surface area contributed by atoms with E-state index in [9.17, 15) is 18.0 Å². The highest BCUT2D eigenvalue weighted by Crippen LogP contribution is 2.17. The smallest absolute Gasteiger partial charge is 0.460 e. The maximum Gasteiger partial charge on any atom is 0.500 e. The van der Waals surface area contributed by atoms with E-state index in [1.807, 2.05) is 20.8 Å². The minimum Gasteiger partial charge on any atom is -0.460 e. The molecule has 0 aromatic rings. The van der Waals surface area contributed by atoms with Gasteiger partial charge in [-0.1, -0.05) is 0 Å². The Morgan fingerprint density at radius 1 is 0.933 bits per heavy atom. The second kappa shape index (κ2) is 15.2. The lowest BCUT2D eigenvalue weighted by Crippen LogP contribution is -2.46. The summed E-state index contributed by atoms with van der Waals surface area (Å²) in [5, 5.41) is 2.61. The fraction of sp³-hybridized carbons (Fsp3) is 0.765. The predicted octanol–water partition coefficient (Wildman–Crippen LogP) is 1.57. The van der Waals surface area contributed by atoms with E-state index in [1.165, 1.54) is 0 Å². The Morgan fingerprint density at radius 3 is 1.97 bits per heavy atom. The van der Waals surface area contributed by atoms with Gasteiger partial charge in [-0.3, -0.25) is 0 Å². The second-order valence-corrected chi connectivity index (χ2v) is 10.2. The largest absolute Gasteiger partial charge is 0.500 e. The number of ether oxygens (including phenoxy) is 2. The van der Waals surface area contributed by atoms with Gasteiger partial charge in [-0.05, 0) is 33.8 Å². The third-order valence-electron chi connectivity index (χ3n) is 3.26. The van der Waals surface area contributed by atoms with E-state index in [1.54, 1.807) is 0 Å². The Bertz CT molecular complexity index is 623. The van der Waals surface area contributed by atoms with Gasteiger partial charge in [0.2, 0.25) is 5.76 Å². The van der Waals surface area contributed by atoms with Crippen LogP contribution in [0.15, 0.2) is 12.3 Å². The summed E-state index contributed by atoms with van der Waals surface area (Å²) in [7, 11) is -6.58. The van der Waals surface area contributed by atoms with Gasteiger partial charge in [0, 0.05) is 38.8 Å². The molecule has 0 atom stereocenters. The monoisotopic (exact) mass is 471 g/mol. The number of alkyl carbamates (subject to hydrolysis) is 1. The first kappa shape index (κ1) is 28.3. The van der Waals surface area contributed by atoms with Crippen molar-refractivity contribution in [3.63, 3.8) is 0 Å². The predicted molar refractivity (Wildman–Crippen MR) is 110 cm³/mol. The van der Waals surface area contributed by atoms with Crippen LogP contribution in [0.4, 0.5) is 4.79 Å². The normalized spacial score (nSPS) is 11.6. The van der Waals surface area contributed by atoms with E-state index in [0.29, 0.717) is 38.8 Å². The maximum absolute atomic E-state index is 11.7. The van der Waals surface area contributed by atoms with Crippen LogP contribution in [0.1, 0.15) is 33.6 Å². The van der Waals surface area contributed by atoms with Gasteiger partial charge in [-0.15, -0.1) is 0 Å². The number of esters is 1. The average molecular weight is 472 g/mol. The van der Waals surface area contributed by atoms with Crippen molar-refractivity contribution in [2.45, 2.75) is 39.7 Å². The first-order chi connectivity index (χ1) is 14.1. The van der Waals surface area contributed by atoms with E-state index >= 15 is 0 Å². The number of nitrogens with one attached hydrogen (secondary N) is 1. The molecular weight excluding hydrogens is 438 g/mol. The van der Waals surface area contributed by atoms with Crippen LogP contribution in [0, 0.1) is 0 Å². The van der Waals surface area contributed by atoms with Crippen molar-refractivity contribution in [1.82, 2.24) is 5.32 Å². The molecule has 0 fully saturated rings. The molecule has 1 amide bonds. The van der Waals surface area contributed by atoms with Crippen molar-refractivity contribution < 1.29 is 44.9 Å². The Morgan fingerprint density at radius 2 is 1.47 bits per heavy atom. The molecule has 13 heteroatoms. The molecule has 0 aliphatic heterocycles. The van der Waals surface area contributed by atoms with Crippen molar-refractivity contribution in [1.29, 1.82) is 0 Å². The summed E-state index contributed by atoms with van der Waals surface area (Å²) < 4.78 is 53.0. The average Bonchev–Trinajstić information content (AvgIpc) is 2.64. The zero-order chi connectivity index (χ0) is 23.0. The molecule has 0 unspecified atom stereocenters. The minimum atomic E-state index is -3.84. The Balaban J connectivity index is 4.02. The van der Waals surface area contributed by atoms with Crippen LogP contribution in [-0.4, -0.2) is 75.1 Å². The molecule has 0 aromatic heterocycles. The number of rotatable bonds is 17. The third kappa shape index (κ3) is 13.5. The summed E-state index contributed by atoms with van der Waals surface area (Å²) in [5.41, 5.74) is 0. The van der Waals surface area contributed by atoms with Crippen molar-refractivity contribution in [2.75, 3.05) is 45.8 Å². The minimum absolute atomic E-state index is 0.00798. The second-order valence-electron chi connectivity index (χ2n) is 5.85. The molecule has 1 N–H and O–H groups in total. The van der Waals surface area contributed by atoms with Crippen LogP contribution < -0.4 is 5.32 Å². The highest BCUT2D eigenvalue weighted by atomic mass is 32.2. The number of carbonyl (C=O) groups excluding carboxylic acids is 2. The maximum atomic E-state index is 11.7. The molecule has 11 nitrogen and oxygen atoms in total. The van der Waals surface area contributed by atoms with Gasteiger partial charge in [-0.25, -0.2) is 9.59 Å². The van der Waals surface area contributed by atoms with Gasteiger partial charge in [0.15, 0.2) is 0 Å². The Hall–Kier alpha value is -1.67. The molecule has 0 rings (SSSR count). The van der Waals surface area contributed by atoms with Crippen molar-refractivity contribution in [3.8, 4) is 0 Å². The molecule has 0 aliphatic rings. The Labute approximate surface area is 179 Å². The molecule has 0 saturated carbocycles. The van der Waals surface area contributed by atoms with Gasteiger partial charge in [0.1, 0.15) is 0 Å². The zero-order valence-corrected chi connectivity index (χ0v) is 19.9. The lowest BCUT2D eigenvalue weighted by Gasteiger charge is -2.28. The van der Waals surface area contributed by atoms with Gasteiger partial charge in [0.05, 0.1) is 19.5 Å². The molecule has 0 aliphatic carbocycles. The van der Waals surface area contributed by atoms with Crippen LogP contribution in [0.2, 0.25) is 6.04 Å². The third-order valence-corrected chi connectivity index (χ3v) is 6.91. The number of hydrogen-bond acceptors (Lipinski definition) is 10. The molecular formula is C17H33NO10SSi. The van der Waals surface area contributed by atoms with Crippen LogP contribution in [0.5, 0.6) is 0 Å². The highest BCUT2D eigenvalue weighted by molar-refractivity contribution is 7.86. The number of hydrogen-bond donors (Lipinski definition) is 1. The molecule has 0 saturated heterocycles. The fourth-order valence-corrected chi connectivity index (χ4v) is 5.28. The summed E-state index contributed by atoms with van der Waals surface area (Å²) in [4.78, 5) is 23.1. The summed E-state index contributed by atoms with van der Waals surface area (Å²) in [6.07, 6.45) is 0.995. The molecule has 176 valence electrons. The van der Waals surface area contributed by atoms with E-state index in [4.69, 9.17) is 22.8 Å². The van der Waals surface area contributed by atoms with E-state index in [0.717, 1.165) is 6.26 Å². The van der Waals surface area contributed by atoms with Crippen LogP contribution in [-0.2, 0) is 41.8 Å². The van der Waals surface area contributed by atoms with Crippen LogP contribution in [0.25, 0.3) is 0 Å². The highest BCUT2D eigenvalue weighted by Gasteiger charge is 2.39. The topological polar surface area (TPSA) is 136 Å². The lowest BCUT2D eigenvalue weighted by atomic mass is 10.5. The number of carbonyl (C=O) groups is 2. The van der Waals surface area contributed by atoms with E-state index in [2.05, 4.69) is 16.1 Å². The number of amides is 1. The molecule has 0 heterocycles. The van der Waals surface area contributed by atoms with Crippen molar-refractivity contribution in [3.05, 3.63) is 12.3 Å². The van der Waals surface area contributed by atoms with Gasteiger partial charge in [0.25, 0.3) is 0 Å². The quantitative estimate of drug-likeness (QED) is 0.0831. The summed E-state index contributed by atoms with van der Waals surface area (Å²) in [5.74, 6) is -1.64. The van der Waals surface area contributed by atoms with Crippen molar-refractivity contribution in [2.24, 2.45) is 0 Å². The summed E-state index contributed by atoms with van der Waals surface area (Å²) >= 11 is 0. The summed E-state index contributed by atoms with van der Waals surface area (Å²) in [6, 6.07) is 0.568. The first-order valence-electron chi connectivity index (χ1n) is 9.67. The lowest BCUT2D eigenvalue weighted by molar-refractivity contribution is -0.141. The van der Waals surface area contributed by atoms with Gasteiger partial charge in [-0.2, -0.15) is 8.42 Å². The van der Waals surface area contributed by atoms with E-state index in [-0.39, 0.29) is 19.6 Å². The van der Waals surface area contributed by atoms with Crippen molar-refractivity contribution >= 4 is 31.0 Å². The first-order valence-corrected chi connectivity index (χ1v) is 13.4. The zero-order valence-electron chi connectivity index (χ0n) is 18.1.